The lowest BCUT2D eigenvalue weighted by molar-refractivity contribution is -0.122. The number of fused-ring (bicyclic) bond motifs is 1. The van der Waals surface area contributed by atoms with E-state index in [-0.39, 0.29) is 12.0 Å². The molecule has 1 unspecified atom stereocenters. The maximum Gasteiger partial charge on any atom is 0.220 e. The van der Waals surface area contributed by atoms with Crippen LogP contribution in [0.4, 0.5) is 0 Å². The van der Waals surface area contributed by atoms with Crippen LogP contribution in [-0.2, 0) is 16.0 Å². The normalized spacial score (nSPS) is 18.3. The fraction of sp³-hybridized carbons (Fsp3) is 0.556. The highest BCUT2D eigenvalue weighted by Crippen LogP contribution is 2.19. The number of carbonyl (C=O) groups is 1. The minimum atomic E-state index is 0.0625. The zero-order valence-corrected chi connectivity index (χ0v) is 13.9. The number of rotatable bonds is 5. The molecule has 124 valence electrons. The van der Waals surface area contributed by atoms with Crippen LogP contribution in [-0.4, -0.2) is 35.1 Å². The number of aromatic amines is 1. The molecule has 0 aliphatic carbocycles. The molecule has 0 saturated carbocycles. The van der Waals surface area contributed by atoms with Crippen LogP contribution in [0.3, 0.4) is 0 Å². The number of nitrogens with one attached hydrogen (secondary N) is 2. The summed E-state index contributed by atoms with van der Waals surface area (Å²) in [6.07, 6.45) is 4.63. The summed E-state index contributed by atoms with van der Waals surface area (Å²) in [6, 6.07) is 4.14. The molecule has 5 heteroatoms. The minimum absolute atomic E-state index is 0.0625. The Kier molecular flexibility index (Phi) is 4.96. The van der Waals surface area contributed by atoms with E-state index in [0.717, 1.165) is 36.3 Å². The summed E-state index contributed by atoms with van der Waals surface area (Å²) in [4.78, 5) is 19.9. The first kappa shape index (κ1) is 16.0. The molecule has 0 bridgehead atoms. The Morgan fingerprint density at radius 2 is 2.26 bits per heavy atom. The quantitative estimate of drug-likeness (QED) is 0.891. The Bertz CT molecular complexity index is 687. The van der Waals surface area contributed by atoms with E-state index in [4.69, 9.17) is 4.74 Å². The molecular formula is C18H25N3O2. The molecule has 1 amide bonds. The molecule has 1 aliphatic heterocycles. The lowest BCUT2D eigenvalue weighted by Gasteiger charge is -2.22. The van der Waals surface area contributed by atoms with Gasteiger partial charge in [0, 0.05) is 26.0 Å². The summed E-state index contributed by atoms with van der Waals surface area (Å²) >= 11 is 0. The van der Waals surface area contributed by atoms with Crippen molar-refractivity contribution in [1.82, 2.24) is 15.3 Å². The fourth-order valence-electron chi connectivity index (χ4n) is 3.00. The second kappa shape index (κ2) is 7.13. The van der Waals surface area contributed by atoms with Crippen LogP contribution >= 0.6 is 0 Å². The topological polar surface area (TPSA) is 67.0 Å². The number of imidazole rings is 1. The second-order valence-electron chi connectivity index (χ2n) is 6.38. The summed E-state index contributed by atoms with van der Waals surface area (Å²) in [5, 5.41) is 2.97. The van der Waals surface area contributed by atoms with Crippen molar-refractivity contribution >= 4 is 16.9 Å². The summed E-state index contributed by atoms with van der Waals surface area (Å²) in [6.45, 7) is 5.61. The van der Waals surface area contributed by atoms with E-state index in [2.05, 4.69) is 41.3 Å². The average molecular weight is 315 g/mol. The minimum Gasteiger partial charge on any atom is -0.376 e. The smallest absolute Gasteiger partial charge is 0.220 e. The standard InChI is InChI=1S/C18H25N3O2/c1-12-6-7-15-18(13(12)2)21-16(20-15)8-9-17(22)19-11-14-5-3-4-10-23-14/h6-7,14H,3-5,8-11H2,1-2H3,(H,19,22)(H,20,21). The Balaban J connectivity index is 1.51. The number of ether oxygens (including phenoxy) is 1. The Morgan fingerprint density at radius 1 is 1.39 bits per heavy atom. The summed E-state index contributed by atoms with van der Waals surface area (Å²) < 4.78 is 5.62. The van der Waals surface area contributed by atoms with Crippen molar-refractivity contribution < 1.29 is 9.53 Å². The molecule has 1 aromatic carbocycles. The van der Waals surface area contributed by atoms with Crippen molar-refractivity contribution in [2.45, 2.75) is 52.1 Å². The van der Waals surface area contributed by atoms with Crippen LogP contribution < -0.4 is 5.32 Å². The lowest BCUT2D eigenvalue weighted by atomic mass is 10.1. The Hall–Kier alpha value is -1.88. The Labute approximate surface area is 136 Å². The van der Waals surface area contributed by atoms with Crippen molar-refractivity contribution in [2.24, 2.45) is 0 Å². The molecule has 0 spiro atoms. The van der Waals surface area contributed by atoms with Gasteiger partial charge in [0.25, 0.3) is 0 Å². The number of carbonyl (C=O) groups excluding carboxylic acids is 1. The number of benzene rings is 1. The van der Waals surface area contributed by atoms with Gasteiger partial charge in [-0.1, -0.05) is 6.07 Å². The molecular weight excluding hydrogens is 290 g/mol. The monoisotopic (exact) mass is 315 g/mol. The molecule has 0 radical (unpaired) electrons. The molecule has 3 rings (SSSR count). The van der Waals surface area contributed by atoms with Crippen molar-refractivity contribution in [3.63, 3.8) is 0 Å². The molecule has 1 aromatic heterocycles. The zero-order chi connectivity index (χ0) is 16.2. The van der Waals surface area contributed by atoms with E-state index in [1.165, 1.54) is 17.5 Å². The van der Waals surface area contributed by atoms with Crippen molar-refractivity contribution in [3.8, 4) is 0 Å². The first-order valence-electron chi connectivity index (χ1n) is 8.46. The number of H-pyrrole nitrogens is 1. The average Bonchev–Trinajstić information content (AvgIpc) is 2.99. The highest BCUT2D eigenvalue weighted by Gasteiger charge is 2.15. The first-order valence-corrected chi connectivity index (χ1v) is 8.46. The van der Waals surface area contributed by atoms with Gasteiger partial charge in [-0.2, -0.15) is 0 Å². The lowest BCUT2D eigenvalue weighted by Crippen LogP contribution is -2.35. The number of hydrogen-bond donors (Lipinski definition) is 2. The van der Waals surface area contributed by atoms with E-state index in [1.54, 1.807) is 0 Å². The SMILES string of the molecule is Cc1ccc2[nH]c(CCC(=O)NCC3CCCCO3)nc2c1C. The van der Waals surface area contributed by atoms with Crippen LogP contribution in [0, 0.1) is 13.8 Å². The zero-order valence-electron chi connectivity index (χ0n) is 13.9. The van der Waals surface area contributed by atoms with E-state index in [1.807, 2.05) is 0 Å². The second-order valence-corrected chi connectivity index (χ2v) is 6.38. The van der Waals surface area contributed by atoms with E-state index < -0.39 is 0 Å². The van der Waals surface area contributed by atoms with Gasteiger partial charge < -0.3 is 15.0 Å². The third-order valence-electron chi connectivity index (χ3n) is 4.62. The van der Waals surface area contributed by atoms with Crippen LogP contribution in [0.15, 0.2) is 12.1 Å². The summed E-state index contributed by atoms with van der Waals surface area (Å²) in [5.41, 5.74) is 4.49. The van der Waals surface area contributed by atoms with Gasteiger partial charge in [0.2, 0.25) is 5.91 Å². The van der Waals surface area contributed by atoms with E-state index >= 15 is 0 Å². The van der Waals surface area contributed by atoms with Gasteiger partial charge in [-0.25, -0.2) is 4.98 Å². The van der Waals surface area contributed by atoms with Crippen LogP contribution in [0.2, 0.25) is 0 Å². The number of hydrogen-bond acceptors (Lipinski definition) is 3. The predicted molar refractivity (Wildman–Crippen MR) is 90.5 cm³/mol. The molecule has 23 heavy (non-hydrogen) atoms. The van der Waals surface area contributed by atoms with Gasteiger partial charge in [0.05, 0.1) is 17.1 Å². The van der Waals surface area contributed by atoms with Crippen molar-refractivity contribution in [2.75, 3.05) is 13.2 Å². The molecule has 2 heterocycles. The highest BCUT2D eigenvalue weighted by molar-refractivity contribution is 5.80. The number of nitrogens with zero attached hydrogens (tertiary/aromatic N) is 1. The van der Waals surface area contributed by atoms with Crippen molar-refractivity contribution in [1.29, 1.82) is 0 Å². The van der Waals surface area contributed by atoms with Crippen LogP contribution in [0.25, 0.3) is 11.0 Å². The fourth-order valence-corrected chi connectivity index (χ4v) is 3.00. The first-order chi connectivity index (χ1) is 11.1. The maximum absolute atomic E-state index is 12.0. The largest absolute Gasteiger partial charge is 0.376 e. The molecule has 5 nitrogen and oxygen atoms in total. The molecule has 1 aliphatic rings. The number of aryl methyl sites for hydroxylation is 3. The van der Waals surface area contributed by atoms with E-state index in [9.17, 15) is 4.79 Å². The number of amides is 1. The third kappa shape index (κ3) is 3.91. The Morgan fingerprint density at radius 3 is 3.04 bits per heavy atom. The summed E-state index contributed by atoms with van der Waals surface area (Å²) in [7, 11) is 0. The maximum atomic E-state index is 12.0. The summed E-state index contributed by atoms with van der Waals surface area (Å²) in [5.74, 6) is 0.935. The molecule has 2 aromatic rings. The molecule has 1 saturated heterocycles. The van der Waals surface area contributed by atoms with Gasteiger partial charge >= 0.3 is 0 Å². The van der Waals surface area contributed by atoms with Gasteiger partial charge in [-0.15, -0.1) is 0 Å². The van der Waals surface area contributed by atoms with Gasteiger partial charge in [0.1, 0.15) is 5.82 Å². The van der Waals surface area contributed by atoms with Crippen LogP contribution in [0.1, 0.15) is 42.6 Å². The molecule has 1 fully saturated rings. The van der Waals surface area contributed by atoms with Crippen molar-refractivity contribution in [3.05, 3.63) is 29.1 Å². The predicted octanol–water partition coefficient (Wildman–Crippen LogP) is 2.80. The van der Waals surface area contributed by atoms with Gasteiger partial charge in [0.15, 0.2) is 0 Å². The van der Waals surface area contributed by atoms with Gasteiger partial charge in [-0.05, 0) is 50.3 Å². The molecule has 1 atom stereocenters. The highest BCUT2D eigenvalue weighted by atomic mass is 16.5. The third-order valence-corrected chi connectivity index (χ3v) is 4.62. The van der Waals surface area contributed by atoms with Crippen LogP contribution in [0.5, 0.6) is 0 Å². The van der Waals surface area contributed by atoms with E-state index in [0.29, 0.717) is 19.4 Å². The van der Waals surface area contributed by atoms with Gasteiger partial charge in [-0.3, -0.25) is 4.79 Å². The molecule has 2 N–H and O–H groups in total. The number of aromatic nitrogens is 2.